The first-order valence-corrected chi connectivity index (χ1v) is 29.4. The number of hydrogen-bond acceptors (Lipinski definition) is 0. The lowest BCUT2D eigenvalue weighted by Crippen LogP contribution is -3.03. The molecule has 0 radical (unpaired) electrons. The Morgan fingerprint density at radius 2 is 0.435 bits per heavy atom. The first-order chi connectivity index (χ1) is 21.2. The summed E-state index contributed by atoms with van der Waals surface area (Å²) in [5.74, 6) is 0. The van der Waals surface area contributed by atoms with E-state index in [1.165, 1.54) is 0 Å². The molecular weight excluding hydrogens is 617 g/mol. The third-order valence-corrected chi connectivity index (χ3v) is 80.1. The Kier molecular flexibility index (Phi) is 9.80. The maximum Gasteiger partial charge on any atom is 0.113 e. The standard InChI is InChI=1S/C42H62Si4/c1-39(2,3)43(13,40(4,5)6)45(35-27-19-15-20-28-35,36-29-21-16-22-30-36)46(37-31-23-17-24-32-37,38-33-25-18-26-34-38)44(14,41(7,8)9)42(10,11)12/h15-34H,1-14H3. The van der Waals surface area contributed by atoms with Crippen molar-refractivity contribution in [3.05, 3.63) is 121 Å². The molecule has 0 aliphatic rings. The smallest absolute Gasteiger partial charge is 0.0699 e. The Bertz CT molecular complexity index is 1340. The molecule has 4 rings (SSSR count). The molecule has 46 heavy (non-hydrogen) atoms. The van der Waals surface area contributed by atoms with Crippen LogP contribution >= 0.6 is 0 Å². The predicted molar refractivity (Wildman–Crippen MR) is 218 cm³/mol. The van der Waals surface area contributed by atoms with Gasteiger partial charge < -0.3 is 0 Å². The molecule has 0 aliphatic carbocycles. The van der Waals surface area contributed by atoms with Gasteiger partial charge in [-0.1, -0.05) is 238 Å². The Hall–Kier alpha value is -2.25. The van der Waals surface area contributed by atoms with Crippen molar-refractivity contribution in [3.63, 3.8) is 0 Å². The van der Waals surface area contributed by atoms with Crippen molar-refractivity contribution in [2.45, 2.75) is 116 Å². The van der Waals surface area contributed by atoms with Crippen LogP contribution in [-0.4, -0.2) is 29.4 Å². The van der Waals surface area contributed by atoms with Gasteiger partial charge in [-0.15, -0.1) is 0 Å². The molecule has 0 N–H and O–H groups in total. The van der Waals surface area contributed by atoms with Crippen LogP contribution in [0, 0.1) is 0 Å². The summed E-state index contributed by atoms with van der Waals surface area (Å²) in [6.45, 7) is 37.3. The van der Waals surface area contributed by atoms with E-state index in [4.69, 9.17) is 0 Å². The van der Waals surface area contributed by atoms with E-state index in [2.05, 4.69) is 218 Å². The van der Waals surface area contributed by atoms with Crippen molar-refractivity contribution >= 4 is 50.1 Å². The molecule has 0 amide bonds. The Morgan fingerprint density at radius 3 is 0.565 bits per heavy atom. The topological polar surface area (TPSA) is 0 Å². The second-order valence-electron chi connectivity index (χ2n) is 18.2. The SMILES string of the molecule is CC(C)(C)[Si](C)(C(C)(C)C)[Si](c1ccccc1)(c1ccccc1)[Si](c1ccccc1)(c1ccccc1)[Si](C)(C(C)(C)C)C(C)(C)C. The summed E-state index contributed by atoms with van der Waals surface area (Å²) in [7, 11) is -10.6. The lowest BCUT2D eigenvalue weighted by atomic mass is 10.2. The van der Waals surface area contributed by atoms with Crippen molar-refractivity contribution in [2.75, 3.05) is 0 Å². The van der Waals surface area contributed by atoms with Crippen LogP contribution in [0.2, 0.25) is 33.2 Å². The first kappa shape index (κ1) is 36.6. The van der Waals surface area contributed by atoms with Gasteiger partial charge in [0.05, 0.1) is 15.2 Å². The van der Waals surface area contributed by atoms with Gasteiger partial charge >= 0.3 is 0 Å². The van der Waals surface area contributed by atoms with E-state index in [0.29, 0.717) is 0 Å². The van der Waals surface area contributed by atoms with E-state index in [9.17, 15) is 0 Å². The fourth-order valence-corrected chi connectivity index (χ4v) is 108. The molecule has 0 spiro atoms. The second-order valence-corrected chi connectivity index (χ2v) is 52.0. The van der Waals surface area contributed by atoms with Crippen LogP contribution in [-0.2, 0) is 0 Å². The molecule has 0 saturated carbocycles. The van der Waals surface area contributed by atoms with Gasteiger partial charge in [0.2, 0.25) is 0 Å². The molecule has 0 nitrogen and oxygen atoms in total. The fraction of sp³-hybridized carbons (Fsp3) is 0.429. The van der Waals surface area contributed by atoms with Gasteiger partial charge in [-0.2, -0.15) is 0 Å². The Labute approximate surface area is 286 Å². The lowest BCUT2D eigenvalue weighted by molar-refractivity contribution is 0.632. The molecule has 0 aliphatic heterocycles. The highest BCUT2D eigenvalue weighted by Gasteiger charge is 2.80. The maximum atomic E-state index is 2.88. The molecule has 0 fully saturated rings. The Balaban J connectivity index is 2.66. The van der Waals surface area contributed by atoms with Crippen LogP contribution in [0.5, 0.6) is 0 Å². The number of rotatable bonds is 7. The predicted octanol–water partition coefficient (Wildman–Crippen LogP) is 10.1. The second kappa shape index (κ2) is 12.3. The summed E-state index contributed by atoms with van der Waals surface area (Å²) in [6, 6.07) is 48.6. The van der Waals surface area contributed by atoms with Crippen molar-refractivity contribution in [3.8, 4) is 0 Å². The maximum absolute atomic E-state index is 2.88. The zero-order valence-electron chi connectivity index (χ0n) is 31.5. The van der Waals surface area contributed by atoms with E-state index in [1.807, 2.05) is 0 Å². The van der Waals surface area contributed by atoms with Crippen LogP contribution in [0.25, 0.3) is 0 Å². The summed E-state index contributed by atoms with van der Waals surface area (Å²) in [6.07, 6.45) is 0. The molecule has 0 bridgehead atoms. The fourth-order valence-electron chi connectivity index (χ4n) is 10.4. The monoisotopic (exact) mass is 678 g/mol. The van der Waals surface area contributed by atoms with Crippen molar-refractivity contribution < 1.29 is 0 Å². The van der Waals surface area contributed by atoms with Crippen molar-refractivity contribution in [1.29, 1.82) is 0 Å². The minimum absolute atomic E-state index is 0.121. The molecular formula is C42H62Si4. The van der Waals surface area contributed by atoms with E-state index >= 15 is 0 Å². The van der Waals surface area contributed by atoms with Gasteiger partial charge in [0.1, 0.15) is 14.2 Å². The highest BCUT2D eigenvalue weighted by Crippen LogP contribution is 2.62. The molecule has 246 valence electrons. The summed E-state index contributed by atoms with van der Waals surface area (Å²) < 4.78 is 0. The van der Waals surface area contributed by atoms with E-state index in [-0.39, 0.29) is 20.2 Å². The summed E-state index contributed by atoms with van der Waals surface area (Å²) in [4.78, 5) is 0. The third-order valence-electron chi connectivity index (χ3n) is 12.9. The Morgan fingerprint density at radius 1 is 0.283 bits per heavy atom. The number of benzene rings is 4. The van der Waals surface area contributed by atoms with Gasteiger partial charge in [-0.25, -0.2) is 0 Å². The van der Waals surface area contributed by atoms with Gasteiger partial charge in [0, 0.05) is 0 Å². The molecule has 0 unspecified atom stereocenters. The van der Waals surface area contributed by atoms with Crippen LogP contribution in [0.4, 0.5) is 0 Å². The van der Waals surface area contributed by atoms with Crippen molar-refractivity contribution in [1.82, 2.24) is 0 Å². The van der Waals surface area contributed by atoms with E-state index in [0.717, 1.165) is 0 Å². The minimum Gasteiger partial charge on any atom is -0.0699 e. The zero-order valence-corrected chi connectivity index (χ0v) is 35.5. The van der Waals surface area contributed by atoms with Gasteiger partial charge in [-0.3, -0.25) is 0 Å². The summed E-state index contributed by atoms with van der Waals surface area (Å²) >= 11 is 0. The molecule has 4 aromatic carbocycles. The molecule has 0 aromatic heterocycles. The largest absolute Gasteiger partial charge is 0.113 e. The average molecular weight is 679 g/mol. The van der Waals surface area contributed by atoms with Crippen LogP contribution in [0.3, 0.4) is 0 Å². The highest BCUT2D eigenvalue weighted by molar-refractivity contribution is 7.95. The van der Waals surface area contributed by atoms with E-state index < -0.39 is 29.4 Å². The number of hydrogen-bond donors (Lipinski definition) is 0. The average Bonchev–Trinajstić information content (AvgIpc) is 2.99. The molecule has 0 atom stereocenters. The summed E-state index contributed by atoms with van der Waals surface area (Å²) in [5.41, 5.74) is 0. The summed E-state index contributed by atoms with van der Waals surface area (Å²) in [5, 5.41) is 7.12. The van der Waals surface area contributed by atoms with Crippen molar-refractivity contribution in [2.24, 2.45) is 0 Å². The molecule has 4 aromatic rings. The van der Waals surface area contributed by atoms with Gasteiger partial charge in [0.15, 0.2) is 0 Å². The minimum atomic E-state index is -2.85. The molecule has 4 heteroatoms. The lowest BCUT2D eigenvalue weighted by Gasteiger charge is -2.72. The van der Waals surface area contributed by atoms with Gasteiger partial charge in [-0.05, 0) is 20.2 Å². The van der Waals surface area contributed by atoms with Crippen LogP contribution in [0.15, 0.2) is 121 Å². The van der Waals surface area contributed by atoms with Crippen LogP contribution < -0.4 is 20.7 Å². The first-order valence-electron chi connectivity index (χ1n) is 17.4. The van der Waals surface area contributed by atoms with Crippen LogP contribution in [0.1, 0.15) is 83.1 Å². The molecule has 0 saturated heterocycles. The third kappa shape index (κ3) is 5.09. The highest BCUT2D eigenvalue weighted by atomic mass is 29.8. The van der Waals surface area contributed by atoms with E-state index in [1.54, 1.807) is 20.7 Å². The quantitative estimate of drug-likeness (QED) is 0.171. The zero-order chi connectivity index (χ0) is 34.5. The normalized spacial score (nSPS) is 14.3. The van der Waals surface area contributed by atoms with Gasteiger partial charge in [0.25, 0.3) is 0 Å². The molecule has 0 heterocycles.